The Bertz CT molecular complexity index is 1820. The van der Waals surface area contributed by atoms with Gasteiger partial charge >= 0.3 is 6.09 Å². The molecule has 4 aromatic carbocycles. The summed E-state index contributed by atoms with van der Waals surface area (Å²) in [4.78, 5) is 30.7. The van der Waals surface area contributed by atoms with E-state index in [2.05, 4.69) is 4.90 Å². The molecule has 0 radical (unpaired) electrons. The maximum absolute atomic E-state index is 14.0. The molecule has 1 aliphatic rings. The third-order valence-electron chi connectivity index (χ3n) is 10.2. The fourth-order valence-electron chi connectivity index (χ4n) is 7.12. The smallest absolute Gasteiger partial charge is 0.415 e. The van der Waals surface area contributed by atoms with Gasteiger partial charge in [0.25, 0.3) is 0 Å². The molecule has 1 aliphatic heterocycles. The van der Waals surface area contributed by atoms with Crippen molar-refractivity contribution in [3.63, 3.8) is 0 Å². The van der Waals surface area contributed by atoms with Gasteiger partial charge in [-0.1, -0.05) is 77.8 Å². The van der Waals surface area contributed by atoms with Crippen LogP contribution in [0.4, 0.5) is 4.79 Å². The second-order valence-electron chi connectivity index (χ2n) is 13.2. The van der Waals surface area contributed by atoms with Gasteiger partial charge in [-0.05, 0) is 98.4 Å². The molecule has 1 fully saturated rings. The van der Waals surface area contributed by atoms with E-state index in [1.807, 2.05) is 54.6 Å². The molecular formula is C41H48Cl3N3O7. The quantitative estimate of drug-likeness (QED) is 0.121. The molecule has 0 bridgehead atoms. The number of rotatable bonds is 16. The van der Waals surface area contributed by atoms with Crippen LogP contribution in [0, 0.1) is 0 Å². The van der Waals surface area contributed by atoms with Crippen molar-refractivity contribution in [3.05, 3.63) is 118 Å². The molecular weight excluding hydrogens is 753 g/mol. The number of hydrogen-bond donors (Lipinski definition) is 1. The van der Waals surface area contributed by atoms with Crippen molar-refractivity contribution in [2.24, 2.45) is 5.73 Å². The predicted molar refractivity (Wildman–Crippen MR) is 214 cm³/mol. The second kappa shape index (κ2) is 19.4. The molecule has 1 heterocycles. The van der Waals surface area contributed by atoms with E-state index < -0.39 is 17.0 Å². The number of hydrogen-bond acceptors (Lipinski definition) is 8. The monoisotopic (exact) mass is 799 g/mol. The number of piperidine rings is 1. The summed E-state index contributed by atoms with van der Waals surface area (Å²) in [6.07, 6.45) is 1.82. The highest BCUT2D eigenvalue weighted by Gasteiger charge is 2.43. The van der Waals surface area contributed by atoms with Gasteiger partial charge in [0.1, 0.15) is 5.75 Å². The van der Waals surface area contributed by atoms with Gasteiger partial charge in [0.2, 0.25) is 11.7 Å². The van der Waals surface area contributed by atoms with Crippen LogP contribution in [0.25, 0.3) is 0 Å². The van der Waals surface area contributed by atoms with E-state index in [-0.39, 0.29) is 31.5 Å². The Kier molecular flexibility index (Phi) is 15.3. The van der Waals surface area contributed by atoms with Crippen LogP contribution in [0.2, 0.25) is 10.0 Å². The number of benzene rings is 4. The number of amides is 2. The van der Waals surface area contributed by atoms with E-state index in [0.29, 0.717) is 78.4 Å². The highest BCUT2D eigenvalue weighted by Crippen LogP contribution is 2.41. The molecule has 4 aromatic rings. The number of nitrogens with two attached hydrogens (primary N) is 1. The number of ether oxygens (including phenoxy) is 5. The molecule has 2 amide bonds. The Morgan fingerprint density at radius 2 is 1.46 bits per heavy atom. The number of likely N-dealkylation sites (N-methyl/N-ethyl adjacent to an activating group) is 1. The number of carbonyl (C=O) groups is 2. The zero-order valence-electron chi connectivity index (χ0n) is 31.0. The Labute approximate surface area is 333 Å². The Hall–Kier alpha value is -4.19. The summed E-state index contributed by atoms with van der Waals surface area (Å²) in [5, 5.41) is 0.740. The number of likely N-dealkylation sites (tertiary alicyclic amines) is 1. The summed E-state index contributed by atoms with van der Waals surface area (Å²) in [6, 6.07) is 27.7. The van der Waals surface area contributed by atoms with Gasteiger partial charge in [0, 0.05) is 7.05 Å². The van der Waals surface area contributed by atoms with E-state index in [9.17, 15) is 9.59 Å². The van der Waals surface area contributed by atoms with Crippen molar-refractivity contribution in [2.75, 3.05) is 54.6 Å². The number of carbonyl (C=O) groups excluding carboxylic acids is 2. The normalized spacial score (nSPS) is 14.9. The van der Waals surface area contributed by atoms with E-state index in [0.717, 1.165) is 16.7 Å². The lowest BCUT2D eigenvalue weighted by Crippen LogP contribution is -2.52. The fourth-order valence-corrected chi connectivity index (χ4v) is 7.42. The molecule has 0 aliphatic carbocycles. The average Bonchev–Trinajstić information content (AvgIpc) is 3.18. The fraction of sp³-hybridized carbons (Fsp3) is 0.366. The molecule has 1 atom stereocenters. The van der Waals surface area contributed by atoms with Crippen LogP contribution < -0.4 is 24.7 Å². The van der Waals surface area contributed by atoms with Crippen molar-refractivity contribution >= 4 is 47.6 Å². The number of nitrogens with zero attached hydrogens (tertiary/aromatic N) is 2. The van der Waals surface area contributed by atoms with E-state index in [1.54, 1.807) is 69.7 Å². The van der Waals surface area contributed by atoms with Gasteiger partial charge in [0.15, 0.2) is 11.5 Å². The van der Waals surface area contributed by atoms with Gasteiger partial charge in [-0.2, -0.15) is 0 Å². The molecule has 54 heavy (non-hydrogen) atoms. The molecule has 2 N–H and O–H groups in total. The summed E-state index contributed by atoms with van der Waals surface area (Å²) < 4.78 is 29.0. The molecule has 13 heteroatoms. The summed E-state index contributed by atoms with van der Waals surface area (Å²) in [5.41, 5.74) is 6.73. The van der Waals surface area contributed by atoms with Crippen molar-refractivity contribution in [3.8, 4) is 23.0 Å². The molecule has 5 rings (SSSR count). The molecule has 10 nitrogen and oxygen atoms in total. The molecule has 290 valence electrons. The minimum atomic E-state index is -1.04. The third-order valence-corrected chi connectivity index (χ3v) is 11.0. The average molecular weight is 801 g/mol. The first-order valence-corrected chi connectivity index (χ1v) is 18.2. The van der Waals surface area contributed by atoms with Gasteiger partial charge in [-0.25, -0.2) is 4.79 Å². The minimum Gasteiger partial charge on any atom is -0.493 e. The van der Waals surface area contributed by atoms with E-state index in [1.165, 1.54) is 0 Å². The molecule has 0 aromatic heterocycles. The van der Waals surface area contributed by atoms with Crippen molar-refractivity contribution in [1.82, 2.24) is 9.80 Å². The molecule has 0 saturated carbocycles. The summed E-state index contributed by atoms with van der Waals surface area (Å²) in [7, 11) is 6.37. The zero-order valence-corrected chi connectivity index (χ0v) is 33.3. The number of halogens is 3. The Balaban J connectivity index is 0.00000650. The summed E-state index contributed by atoms with van der Waals surface area (Å²) >= 11 is 13.0. The van der Waals surface area contributed by atoms with Gasteiger partial charge in [-0.3, -0.25) is 9.69 Å². The van der Waals surface area contributed by atoms with E-state index in [4.69, 9.17) is 52.6 Å². The Morgan fingerprint density at radius 3 is 2.02 bits per heavy atom. The number of para-hydroxylation sites is 1. The summed E-state index contributed by atoms with van der Waals surface area (Å²) in [6.45, 7) is 2.35. The van der Waals surface area contributed by atoms with Crippen LogP contribution in [-0.2, 0) is 27.1 Å². The molecule has 1 saturated heterocycles. The van der Waals surface area contributed by atoms with Crippen LogP contribution in [0.1, 0.15) is 42.4 Å². The largest absolute Gasteiger partial charge is 0.493 e. The van der Waals surface area contributed by atoms with Gasteiger partial charge in [-0.15, -0.1) is 12.4 Å². The van der Waals surface area contributed by atoms with Crippen molar-refractivity contribution in [1.29, 1.82) is 0 Å². The predicted octanol–water partition coefficient (Wildman–Crippen LogP) is 8.28. The first kappa shape index (κ1) is 42.6. The number of primary amides is 1. The van der Waals surface area contributed by atoms with Crippen molar-refractivity contribution in [2.45, 2.75) is 43.2 Å². The topological polar surface area (TPSA) is 113 Å². The first-order chi connectivity index (χ1) is 25.6. The molecule has 0 spiro atoms. The van der Waals surface area contributed by atoms with Crippen LogP contribution in [-0.4, -0.2) is 76.4 Å². The highest BCUT2D eigenvalue weighted by atomic mass is 35.5. The van der Waals surface area contributed by atoms with Gasteiger partial charge in [0.05, 0.1) is 55.5 Å². The number of methoxy groups -OCH3 is 3. The SMILES string of the molecule is COc1cc(COCC(CCCN2CCC(C(N)=O)(c3ccccc3)CC2)(c2ccc(Cl)c(Cl)c2)N(C)C(=O)Oc2ccccc2)cc(OC)c1OC.Cl. The Morgan fingerprint density at radius 1 is 0.852 bits per heavy atom. The van der Waals surface area contributed by atoms with Crippen molar-refractivity contribution < 1.29 is 33.3 Å². The maximum atomic E-state index is 14.0. The second-order valence-corrected chi connectivity index (χ2v) is 14.0. The van der Waals surface area contributed by atoms with Crippen LogP contribution in [0.3, 0.4) is 0 Å². The van der Waals surface area contributed by atoms with Crippen LogP contribution >= 0.6 is 35.6 Å². The van der Waals surface area contributed by atoms with E-state index >= 15 is 0 Å². The third kappa shape index (κ3) is 9.54. The lowest BCUT2D eigenvalue weighted by Gasteiger charge is -2.43. The molecule has 1 unspecified atom stereocenters. The standard InChI is InChI=1S/C41H47Cl2N3O7.ClH/c1-45(39(48)53-32-14-9-6-10-15-32)41(31-16-17-33(42)34(43)26-31,28-52-27-29-24-35(49-2)37(51-4)36(25-29)50-3)18-11-21-46-22-19-40(20-23-46,38(44)47)30-12-7-5-8-13-30;/h5-10,12-17,24-26H,11,18-23,27-28H2,1-4H3,(H2,44,47);1H. The van der Waals surface area contributed by atoms with Crippen LogP contribution in [0.15, 0.2) is 91.0 Å². The first-order valence-electron chi connectivity index (χ1n) is 17.5. The summed E-state index contributed by atoms with van der Waals surface area (Å²) in [5.74, 6) is 1.58. The minimum absolute atomic E-state index is 0. The lowest BCUT2D eigenvalue weighted by atomic mass is 9.72. The van der Waals surface area contributed by atoms with Crippen LogP contribution in [0.5, 0.6) is 23.0 Å². The highest BCUT2D eigenvalue weighted by molar-refractivity contribution is 6.42. The zero-order chi connectivity index (χ0) is 38.0. The van der Waals surface area contributed by atoms with Gasteiger partial charge < -0.3 is 34.3 Å². The maximum Gasteiger partial charge on any atom is 0.415 e. The lowest BCUT2D eigenvalue weighted by molar-refractivity contribution is -0.125.